The summed E-state index contributed by atoms with van der Waals surface area (Å²) >= 11 is 4.17. The van der Waals surface area contributed by atoms with E-state index in [4.69, 9.17) is 5.73 Å². The number of fused-ring (bicyclic) bond motifs is 1. The summed E-state index contributed by atoms with van der Waals surface area (Å²) in [5.41, 5.74) is 5.71. The SMILES string of the molecule is C1CCCCC1.Nc1cc(C(F)(F)F)nc2c1C=C(S)CC2. The topological polar surface area (TPSA) is 38.9 Å². The maximum atomic E-state index is 12.5. The number of nitrogens with two attached hydrogens (primary N) is 1. The van der Waals surface area contributed by atoms with Crippen LogP contribution in [0.1, 0.15) is 61.9 Å². The van der Waals surface area contributed by atoms with Crippen LogP contribution in [0.15, 0.2) is 11.0 Å². The van der Waals surface area contributed by atoms with Crippen molar-refractivity contribution in [3.8, 4) is 0 Å². The lowest BCUT2D eigenvalue weighted by Crippen LogP contribution is -2.13. The highest BCUT2D eigenvalue weighted by molar-refractivity contribution is 7.84. The second kappa shape index (κ2) is 7.40. The number of allylic oxidation sites excluding steroid dienone is 1. The normalized spacial score (nSPS) is 17.9. The molecule has 1 saturated carbocycles. The molecule has 1 aromatic rings. The van der Waals surface area contributed by atoms with Crippen molar-refractivity contribution >= 4 is 24.4 Å². The van der Waals surface area contributed by atoms with E-state index in [1.165, 1.54) is 38.5 Å². The van der Waals surface area contributed by atoms with Gasteiger partial charge in [0.05, 0.1) is 5.69 Å². The number of rotatable bonds is 0. The van der Waals surface area contributed by atoms with E-state index in [1.807, 2.05) is 0 Å². The highest BCUT2D eigenvalue weighted by Crippen LogP contribution is 2.34. The van der Waals surface area contributed by atoms with Crippen molar-refractivity contribution in [1.29, 1.82) is 0 Å². The fourth-order valence-corrected chi connectivity index (χ4v) is 2.92. The fraction of sp³-hybridized carbons (Fsp3) is 0.562. The standard InChI is InChI=1S/C10H9F3N2S.C6H12/c11-10(12,13)9-4-7(14)6-3-5(16)1-2-8(6)15-9;1-2-4-6-5-3-1/h3-4,16H,1-2H2,(H2,14,15);1-6H2. The molecule has 2 N–H and O–H groups in total. The van der Waals surface area contributed by atoms with Gasteiger partial charge in [0.2, 0.25) is 0 Å². The Labute approximate surface area is 134 Å². The van der Waals surface area contributed by atoms with Crippen LogP contribution in [-0.2, 0) is 12.6 Å². The molecule has 0 radical (unpaired) electrons. The number of pyridine rings is 1. The van der Waals surface area contributed by atoms with Gasteiger partial charge in [0, 0.05) is 11.3 Å². The number of hydrogen-bond acceptors (Lipinski definition) is 3. The smallest absolute Gasteiger partial charge is 0.398 e. The fourth-order valence-electron chi connectivity index (χ4n) is 2.68. The third-order valence-corrected chi connectivity index (χ3v) is 4.24. The molecule has 0 aliphatic heterocycles. The zero-order valence-corrected chi connectivity index (χ0v) is 13.3. The van der Waals surface area contributed by atoms with Crippen molar-refractivity contribution in [2.75, 3.05) is 5.73 Å². The molecule has 2 aliphatic carbocycles. The van der Waals surface area contributed by atoms with Crippen LogP contribution in [0.3, 0.4) is 0 Å². The number of halogens is 3. The molecule has 22 heavy (non-hydrogen) atoms. The Bertz CT molecular complexity index is 538. The zero-order valence-electron chi connectivity index (χ0n) is 12.4. The van der Waals surface area contributed by atoms with Gasteiger partial charge in [-0.25, -0.2) is 4.98 Å². The number of nitrogen functional groups attached to an aromatic ring is 1. The molecule has 0 bridgehead atoms. The van der Waals surface area contributed by atoms with E-state index < -0.39 is 11.9 Å². The van der Waals surface area contributed by atoms with Crippen LogP contribution >= 0.6 is 12.6 Å². The summed E-state index contributed by atoms with van der Waals surface area (Å²) in [6, 6.07) is 0.863. The summed E-state index contributed by atoms with van der Waals surface area (Å²) in [6.07, 6.45) is 7.27. The van der Waals surface area contributed by atoms with E-state index in [2.05, 4.69) is 17.6 Å². The molecule has 0 saturated heterocycles. The lowest BCUT2D eigenvalue weighted by molar-refractivity contribution is -0.141. The van der Waals surface area contributed by atoms with Gasteiger partial charge in [-0.05, 0) is 29.9 Å². The molecular formula is C16H21F3N2S. The van der Waals surface area contributed by atoms with Gasteiger partial charge >= 0.3 is 6.18 Å². The maximum Gasteiger partial charge on any atom is 0.433 e. The lowest BCUT2D eigenvalue weighted by atomic mass is 10.0. The molecule has 122 valence electrons. The second-order valence-corrected chi connectivity index (χ2v) is 6.29. The summed E-state index contributed by atoms with van der Waals surface area (Å²) in [4.78, 5) is 4.40. The zero-order chi connectivity index (χ0) is 16.2. The number of nitrogens with zero attached hydrogens (tertiary/aromatic N) is 1. The molecule has 1 heterocycles. The Kier molecular flexibility index (Phi) is 5.78. The van der Waals surface area contributed by atoms with Gasteiger partial charge in [0.1, 0.15) is 5.69 Å². The number of alkyl halides is 3. The van der Waals surface area contributed by atoms with Crippen LogP contribution in [0.2, 0.25) is 0 Å². The van der Waals surface area contributed by atoms with Crippen molar-refractivity contribution in [2.45, 2.75) is 57.5 Å². The van der Waals surface area contributed by atoms with Crippen LogP contribution in [0.4, 0.5) is 18.9 Å². The van der Waals surface area contributed by atoms with Crippen molar-refractivity contribution in [3.05, 3.63) is 27.9 Å². The van der Waals surface area contributed by atoms with E-state index in [1.54, 1.807) is 6.08 Å². The Balaban J connectivity index is 0.000000246. The van der Waals surface area contributed by atoms with E-state index in [0.29, 0.717) is 24.1 Å². The molecule has 2 nitrogen and oxygen atoms in total. The summed E-state index contributed by atoms with van der Waals surface area (Å²) < 4.78 is 37.4. The first kappa shape index (κ1) is 17.2. The first-order valence-corrected chi connectivity index (χ1v) is 8.09. The van der Waals surface area contributed by atoms with Gasteiger partial charge < -0.3 is 5.73 Å². The minimum Gasteiger partial charge on any atom is -0.398 e. The van der Waals surface area contributed by atoms with Gasteiger partial charge in [-0.3, -0.25) is 0 Å². The van der Waals surface area contributed by atoms with Crippen molar-refractivity contribution < 1.29 is 13.2 Å². The van der Waals surface area contributed by atoms with E-state index >= 15 is 0 Å². The highest BCUT2D eigenvalue weighted by atomic mass is 32.1. The number of aryl methyl sites for hydroxylation is 1. The minimum absolute atomic E-state index is 0.101. The number of thiol groups is 1. The molecule has 0 unspecified atom stereocenters. The summed E-state index contributed by atoms with van der Waals surface area (Å²) in [7, 11) is 0. The van der Waals surface area contributed by atoms with E-state index in [0.717, 1.165) is 11.0 Å². The van der Waals surface area contributed by atoms with Crippen LogP contribution in [-0.4, -0.2) is 4.98 Å². The molecule has 0 aromatic carbocycles. The second-order valence-electron chi connectivity index (χ2n) is 5.71. The first-order chi connectivity index (χ1) is 10.4. The monoisotopic (exact) mass is 330 g/mol. The van der Waals surface area contributed by atoms with Gasteiger partial charge in [-0.15, -0.1) is 12.6 Å². The third kappa shape index (κ3) is 4.66. The van der Waals surface area contributed by atoms with Gasteiger partial charge in [0.25, 0.3) is 0 Å². The molecule has 2 aliphatic rings. The van der Waals surface area contributed by atoms with Crippen LogP contribution in [0, 0.1) is 0 Å². The Morgan fingerprint density at radius 1 is 1.00 bits per heavy atom. The number of anilines is 1. The van der Waals surface area contributed by atoms with Gasteiger partial charge in [-0.1, -0.05) is 38.5 Å². The molecule has 6 heteroatoms. The average molecular weight is 330 g/mol. The highest BCUT2D eigenvalue weighted by Gasteiger charge is 2.34. The Hall–Kier alpha value is -1.17. The molecule has 0 spiro atoms. The van der Waals surface area contributed by atoms with E-state index in [-0.39, 0.29) is 5.69 Å². The summed E-state index contributed by atoms with van der Waals surface area (Å²) in [5, 5.41) is 0. The van der Waals surface area contributed by atoms with E-state index in [9.17, 15) is 13.2 Å². The Morgan fingerprint density at radius 2 is 1.55 bits per heavy atom. The summed E-state index contributed by atoms with van der Waals surface area (Å²) in [5.74, 6) is 0. The Morgan fingerprint density at radius 3 is 2.05 bits per heavy atom. The quantitative estimate of drug-likeness (QED) is 0.639. The molecular weight excluding hydrogens is 309 g/mol. The van der Waals surface area contributed by atoms with Crippen molar-refractivity contribution in [3.63, 3.8) is 0 Å². The maximum absolute atomic E-state index is 12.5. The lowest BCUT2D eigenvalue weighted by Gasteiger charge is -2.17. The van der Waals surface area contributed by atoms with Crippen LogP contribution in [0.25, 0.3) is 6.08 Å². The molecule has 3 rings (SSSR count). The third-order valence-electron chi connectivity index (χ3n) is 3.89. The molecule has 1 aromatic heterocycles. The number of hydrogen-bond donors (Lipinski definition) is 2. The molecule has 0 amide bonds. The minimum atomic E-state index is -4.45. The number of aromatic nitrogens is 1. The summed E-state index contributed by atoms with van der Waals surface area (Å²) in [6.45, 7) is 0. The largest absolute Gasteiger partial charge is 0.433 e. The van der Waals surface area contributed by atoms with Gasteiger partial charge in [0.15, 0.2) is 0 Å². The van der Waals surface area contributed by atoms with Gasteiger partial charge in [-0.2, -0.15) is 13.2 Å². The predicted octanol–water partition coefficient (Wildman–Crippen LogP) is 5.24. The van der Waals surface area contributed by atoms with Crippen LogP contribution < -0.4 is 5.73 Å². The first-order valence-electron chi connectivity index (χ1n) is 7.64. The molecule has 0 atom stereocenters. The average Bonchev–Trinajstić information content (AvgIpc) is 2.49. The van der Waals surface area contributed by atoms with Crippen LogP contribution in [0.5, 0.6) is 0 Å². The van der Waals surface area contributed by atoms with Crippen molar-refractivity contribution in [1.82, 2.24) is 4.98 Å². The molecule has 1 fully saturated rings. The predicted molar refractivity (Wildman–Crippen MR) is 86.6 cm³/mol. The van der Waals surface area contributed by atoms with Crippen molar-refractivity contribution in [2.24, 2.45) is 0 Å².